The van der Waals surface area contributed by atoms with Crippen LogP contribution in [0.4, 0.5) is 4.79 Å². The number of urea groups is 1. The Kier molecular flexibility index (Phi) is 7.78. The normalized spacial score (nSPS) is 19.1. The maximum absolute atomic E-state index is 12.5. The van der Waals surface area contributed by atoms with E-state index in [2.05, 4.69) is 23.2 Å². The van der Waals surface area contributed by atoms with E-state index in [9.17, 15) is 4.79 Å². The molecule has 2 aliphatic heterocycles. The standard InChI is InChI=1S/C21H33N3O3/c1-2-15-27-20-6-4-3-5-18(20)7-10-22-21(25)24-11-8-19(9-12-24)23-13-16-26-17-14-23/h3-6,19H,2,7-17H2,1H3,(H,22,25). The van der Waals surface area contributed by atoms with Crippen LogP contribution in [0.15, 0.2) is 24.3 Å². The van der Waals surface area contributed by atoms with Crippen molar-refractivity contribution in [1.29, 1.82) is 0 Å². The van der Waals surface area contributed by atoms with Gasteiger partial charge in [0.05, 0.1) is 19.8 Å². The largest absolute Gasteiger partial charge is 0.493 e. The Morgan fingerprint density at radius 2 is 1.93 bits per heavy atom. The Labute approximate surface area is 162 Å². The number of hydrogen-bond donors (Lipinski definition) is 1. The molecule has 1 aromatic rings. The summed E-state index contributed by atoms with van der Waals surface area (Å²) < 4.78 is 11.2. The number of hydrogen-bond acceptors (Lipinski definition) is 4. The van der Waals surface area contributed by atoms with Gasteiger partial charge in [0.15, 0.2) is 0 Å². The lowest BCUT2D eigenvalue weighted by atomic mass is 10.0. The van der Waals surface area contributed by atoms with Gasteiger partial charge in [0.1, 0.15) is 5.75 Å². The van der Waals surface area contributed by atoms with E-state index in [1.807, 2.05) is 23.1 Å². The van der Waals surface area contributed by atoms with Gasteiger partial charge in [-0.1, -0.05) is 25.1 Å². The third-order valence-corrected chi connectivity index (χ3v) is 5.42. The lowest BCUT2D eigenvalue weighted by Gasteiger charge is -2.40. The summed E-state index contributed by atoms with van der Waals surface area (Å²) in [5.74, 6) is 0.930. The fourth-order valence-corrected chi connectivity index (χ4v) is 3.86. The molecule has 1 aromatic carbocycles. The summed E-state index contributed by atoms with van der Waals surface area (Å²) in [6.45, 7) is 8.86. The summed E-state index contributed by atoms with van der Waals surface area (Å²) in [6, 6.07) is 8.75. The van der Waals surface area contributed by atoms with Gasteiger partial charge < -0.3 is 19.7 Å². The lowest BCUT2D eigenvalue weighted by molar-refractivity contribution is 0.00381. The molecule has 0 aliphatic carbocycles. The Morgan fingerprint density at radius 1 is 1.19 bits per heavy atom. The summed E-state index contributed by atoms with van der Waals surface area (Å²) in [5.41, 5.74) is 1.15. The molecule has 0 aromatic heterocycles. The Bertz CT molecular complexity index is 582. The van der Waals surface area contributed by atoms with E-state index in [1.54, 1.807) is 0 Å². The number of nitrogens with zero attached hydrogens (tertiary/aromatic N) is 2. The molecule has 0 saturated carbocycles. The fraction of sp³-hybridized carbons (Fsp3) is 0.667. The SMILES string of the molecule is CCCOc1ccccc1CCNC(=O)N1CCC(N2CCOCC2)CC1. The van der Waals surface area contributed by atoms with Gasteiger partial charge in [-0.05, 0) is 37.3 Å². The molecular formula is C21H33N3O3. The van der Waals surface area contributed by atoms with Crippen molar-refractivity contribution in [2.75, 3.05) is 52.5 Å². The molecule has 0 atom stereocenters. The molecule has 2 heterocycles. The third-order valence-electron chi connectivity index (χ3n) is 5.42. The van der Waals surface area contributed by atoms with Gasteiger partial charge in [-0.15, -0.1) is 0 Å². The number of benzene rings is 1. The second-order valence-electron chi connectivity index (χ2n) is 7.30. The first kappa shape index (κ1) is 20.0. The highest BCUT2D eigenvalue weighted by Crippen LogP contribution is 2.19. The van der Waals surface area contributed by atoms with Crippen LogP contribution < -0.4 is 10.1 Å². The number of nitrogens with one attached hydrogen (secondary N) is 1. The molecule has 0 bridgehead atoms. The van der Waals surface area contributed by atoms with Crippen molar-refractivity contribution in [3.8, 4) is 5.75 Å². The van der Waals surface area contributed by atoms with Crippen LogP contribution in [0.25, 0.3) is 0 Å². The maximum Gasteiger partial charge on any atom is 0.317 e. The molecule has 0 unspecified atom stereocenters. The average molecular weight is 376 g/mol. The van der Waals surface area contributed by atoms with Crippen molar-refractivity contribution in [3.63, 3.8) is 0 Å². The van der Waals surface area contributed by atoms with Crippen LogP contribution in [0.5, 0.6) is 5.75 Å². The van der Waals surface area contributed by atoms with Crippen LogP contribution in [-0.4, -0.2) is 74.4 Å². The zero-order valence-corrected chi connectivity index (χ0v) is 16.5. The minimum Gasteiger partial charge on any atom is -0.493 e. The molecule has 1 N–H and O–H groups in total. The molecule has 2 amide bonds. The quantitative estimate of drug-likeness (QED) is 0.796. The second-order valence-corrected chi connectivity index (χ2v) is 7.30. The highest BCUT2D eigenvalue weighted by Gasteiger charge is 2.27. The molecule has 0 radical (unpaired) electrons. The number of ether oxygens (including phenoxy) is 2. The molecule has 0 spiro atoms. The average Bonchev–Trinajstić information content (AvgIpc) is 2.73. The van der Waals surface area contributed by atoms with Crippen molar-refractivity contribution in [2.45, 2.75) is 38.6 Å². The highest BCUT2D eigenvalue weighted by molar-refractivity contribution is 5.74. The zero-order valence-electron chi connectivity index (χ0n) is 16.5. The van der Waals surface area contributed by atoms with Gasteiger partial charge in [0, 0.05) is 38.8 Å². The predicted octanol–water partition coefficient (Wildman–Crippen LogP) is 2.52. The minimum absolute atomic E-state index is 0.0578. The Balaban J connectivity index is 1.39. The van der Waals surface area contributed by atoms with Crippen molar-refractivity contribution in [2.24, 2.45) is 0 Å². The van der Waals surface area contributed by atoms with E-state index in [0.717, 1.165) is 83.0 Å². The van der Waals surface area contributed by atoms with Gasteiger partial charge in [0.25, 0.3) is 0 Å². The van der Waals surface area contributed by atoms with Crippen molar-refractivity contribution >= 4 is 6.03 Å². The van der Waals surface area contributed by atoms with Crippen LogP contribution in [0.2, 0.25) is 0 Å². The van der Waals surface area contributed by atoms with Gasteiger partial charge >= 0.3 is 6.03 Å². The molecule has 27 heavy (non-hydrogen) atoms. The van der Waals surface area contributed by atoms with Crippen molar-refractivity contribution in [1.82, 2.24) is 15.1 Å². The van der Waals surface area contributed by atoms with Gasteiger partial charge in [-0.2, -0.15) is 0 Å². The number of carbonyl (C=O) groups is 1. The topological polar surface area (TPSA) is 54.0 Å². The van der Waals surface area contributed by atoms with Crippen LogP contribution in [0.3, 0.4) is 0 Å². The van der Waals surface area contributed by atoms with E-state index in [0.29, 0.717) is 12.6 Å². The van der Waals surface area contributed by atoms with Crippen molar-refractivity contribution < 1.29 is 14.3 Å². The molecule has 3 rings (SSSR count). The molecule has 6 heteroatoms. The van der Waals surface area contributed by atoms with E-state index >= 15 is 0 Å². The summed E-state index contributed by atoms with van der Waals surface area (Å²) in [7, 11) is 0. The van der Waals surface area contributed by atoms with Crippen molar-refractivity contribution in [3.05, 3.63) is 29.8 Å². The molecule has 150 valence electrons. The van der Waals surface area contributed by atoms with Crippen LogP contribution in [0.1, 0.15) is 31.7 Å². The van der Waals surface area contributed by atoms with Crippen LogP contribution >= 0.6 is 0 Å². The number of para-hydroxylation sites is 1. The fourth-order valence-electron chi connectivity index (χ4n) is 3.86. The molecule has 2 aliphatic rings. The van der Waals surface area contributed by atoms with E-state index < -0.39 is 0 Å². The number of rotatable bonds is 7. The number of piperidine rings is 1. The predicted molar refractivity (Wildman–Crippen MR) is 106 cm³/mol. The Morgan fingerprint density at radius 3 is 2.67 bits per heavy atom. The monoisotopic (exact) mass is 375 g/mol. The van der Waals surface area contributed by atoms with Crippen LogP contribution in [-0.2, 0) is 11.2 Å². The number of morpholine rings is 1. The summed E-state index contributed by atoms with van der Waals surface area (Å²) in [5, 5.41) is 3.08. The van der Waals surface area contributed by atoms with E-state index in [-0.39, 0.29) is 6.03 Å². The van der Waals surface area contributed by atoms with Crippen LogP contribution in [0, 0.1) is 0 Å². The first-order chi connectivity index (χ1) is 13.3. The second kappa shape index (κ2) is 10.5. The lowest BCUT2D eigenvalue weighted by Crippen LogP contribution is -2.52. The molecule has 2 fully saturated rings. The number of likely N-dealkylation sites (tertiary alicyclic amines) is 1. The van der Waals surface area contributed by atoms with Gasteiger partial charge in [0.2, 0.25) is 0 Å². The number of carbonyl (C=O) groups excluding carboxylic acids is 1. The first-order valence-corrected chi connectivity index (χ1v) is 10.3. The Hall–Kier alpha value is -1.79. The molecule has 2 saturated heterocycles. The maximum atomic E-state index is 12.5. The van der Waals surface area contributed by atoms with Gasteiger partial charge in [-0.25, -0.2) is 4.79 Å². The zero-order chi connectivity index (χ0) is 18.9. The summed E-state index contributed by atoms with van der Waals surface area (Å²) in [6.07, 6.45) is 3.89. The van der Waals surface area contributed by atoms with Gasteiger partial charge in [-0.3, -0.25) is 4.90 Å². The molecule has 6 nitrogen and oxygen atoms in total. The summed E-state index contributed by atoms with van der Waals surface area (Å²) in [4.78, 5) is 17.0. The first-order valence-electron chi connectivity index (χ1n) is 10.3. The molecular weight excluding hydrogens is 342 g/mol. The third kappa shape index (κ3) is 5.84. The smallest absolute Gasteiger partial charge is 0.317 e. The summed E-state index contributed by atoms with van der Waals surface area (Å²) >= 11 is 0. The minimum atomic E-state index is 0.0578. The van der Waals surface area contributed by atoms with E-state index in [4.69, 9.17) is 9.47 Å². The number of amides is 2. The highest BCUT2D eigenvalue weighted by atomic mass is 16.5. The van der Waals surface area contributed by atoms with E-state index in [1.165, 1.54) is 0 Å².